The molecule has 1 aromatic heterocycles. The second-order valence-electron chi connectivity index (χ2n) is 10.5. The summed E-state index contributed by atoms with van der Waals surface area (Å²) in [4.78, 5) is 24.8. The molecule has 2 aromatic rings. The summed E-state index contributed by atoms with van der Waals surface area (Å²) in [7, 11) is 0. The Morgan fingerprint density at radius 1 is 1.03 bits per heavy atom. The number of hydrogen-bond donors (Lipinski definition) is 1. The molecule has 1 N–H and O–H groups in total. The molecule has 2 aliphatic heterocycles. The minimum Gasteiger partial charge on any atom is -0.355 e. The number of anilines is 1. The summed E-state index contributed by atoms with van der Waals surface area (Å²) in [6, 6.07) is 12.9. The molecule has 0 spiro atoms. The third-order valence-electron chi connectivity index (χ3n) is 7.75. The molecular weight excluding hydrogens is 458 g/mol. The minimum absolute atomic E-state index is 0.0473. The van der Waals surface area contributed by atoms with Gasteiger partial charge in [-0.05, 0) is 87.4 Å². The number of piperidine rings is 1. The predicted molar refractivity (Wildman–Crippen MR) is 142 cm³/mol. The maximum absolute atomic E-state index is 12.5. The number of carbonyl (C=O) groups excluding carboxylic acids is 1. The van der Waals surface area contributed by atoms with Crippen LogP contribution in [-0.4, -0.2) is 72.5 Å². The number of pyridine rings is 1. The van der Waals surface area contributed by atoms with Crippen LogP contribution in [0.25, 0.3) is 0 Å². The average molecular weight is 496 g/mol. The number of aromatic nitrogens is 1. The molecule has 6 nitrogen and oxygen atoms in total. The maximum Gasteiger partial charge on any atom is 0.269 e. The van der Waals surface area contributed by atoms with Crippen LogP contribution in [0.15, 0.2) is 36.4 Å². The number of likely N-dealkylation sites (tertiary alicyclic amines) is 1. The molecular formula is C28H38ClN5O. The molecule has 3 fully saturated rings. The SMILES string of the molecule is Cc1ccc(CN2CCC(N3CCCN(c4cccc(C(=O)NCC5CC5)n4)CC3)CC2)c(Cl)c1. The van der Waals surface area contributed by atoms with Gasteiger partial charge in [0, 0.05) is 50.3 Å². The van der Waals surface area contributed by atoms with E-state index in [0.29, 0.717) is 17.7 Å². The van der Waals surface area contributed by atoms with E-state index in [9.17, 15) is 4.79 Å². The van der Waals surface area contributed by atoms with Crippen molar-refractivity contribution in [1.29, 1.82) is 0 Å². The normalized spacial score (nSPS) is 20.6. The van der Waals surface area contributed by atoms with Crippen LogP contribution in [0.4, 0.5) is 5.82 Å². The topological polar surface area (TPSA) is 51.7 Å². The van der Waals surface area contributed by atoms with Crippen molar-refractivity contribution in [2.45, 2.75) is 51.6 Å². The Morgan fingerprint density at radius 3 is 2.63 bits per heavy atom. The van der Waals surface area contributed by atoms with Crippen LogP contribution >= 0.6 is 11.6 Å². The van der Waals surface area contributed by atoms with Crippen molar-refractivity contribution < 1.29 is 4.79 Å². The number of aryl methyl sites for hydroxylation is 1. The van der Waals surface area contributed by atoms with Crippen LogP contribution in [0, 0.1) is 12.8 Å². The second-order valence-corrected chi connectivity index (χ2v) is 10.9. The fourth-order valence-corrected chi connectivity index (χ4v) is 5.67. The van der Waals surface area contributed by atoms with Gasteiger partial charge >= 0.3 is 0 Å². The number of rotatable bonds is 7. The largest absolute Gasteiger partial charge is 0.355 e. The zero-order chi connectivity index (χ0) is 24.2. The first-order chi connectivity index (χ1) is 17.0. The van der Waals surface area contributed by atoms with Gasteiger partial charge in [-0.2, -0.15) is 0 Å². The zero-order valence-electron chi connectivity index (χ0n) is 20.9. The molecule has 7 heteroatoms. The van der Waals surface area contributed by atoms with E-state index < -0.39 is 0 Å². The van der Waals surface area contributed by atoms with Crippen LogP contribution in [0.5, 0.6) is 0 Å². The molecule has 2 saturated heterocycles. The number of carbonyl (C=O) groups is 1. The summed E-state index contributed by atoms with van der Waals surface area (Å²) in [5.74, 6) is 1.55. The quantitative estimate of drug-likeness (QED) is 0.618. The second kappa shape index (κ2) is 11.3. The van der Waals surface area contributed by atoms with Crippen molar-refractivity contribution in [1.82, 2.24) is 20.1 Å². The summed E-state index contributed by atoms with van der Waals surface area (Å²) in [6.07, 6.45) is 6.01. The first-order valence-corrected chi connectivity index (χ1v) is 13.6. The van der Waals surface area contributed by atoms with Gasteiger partial charge in [0.05, 0.1) is 0 Å². The lowest BCUT2D eigenvalue weighted by molar-refractivity contribution is 0.0947. The summed E-state index contributed by atoms with van der Waals surface area (Å²) < 4.78 is 0. The first kappa shape index (κ1) is 24.5. The standard InChI is InChI=1S/C28H38ClN5O/c1-21-6-9-23(25(29)18-21)20-32-14-10-24(11-15-32)33-12-3-13-34(17-16-33)27-5-2-4-26(31-27)28(35)30-19-22-7-8-22/h2,4-6,9,18,22,24H,3,7-8,10-17,19-20H2,1H3,(H,30,35). The van der Waals surface area contributed by atoms with Gasteiger partial charge in [0.25, 0.3) is 5.91 Å². The summed E-state index contributed by atoms with van der Waals surface area (Å²) in [6.45, 7) is 10.2. The molecule has 0 bridgehead atoms. The predicted octanol–water partition coefficient (Wildman–Crippen LogP) is 4.36. The van der Waals surface area contributed by atoms with E-state index in [2.05, 4.69) is 45.1 Å². The Labute approximate surface area is 214 Å². The zero-order valence-corrected chi connectivity index (χ0v) is 21.6. The van der Waals surface area contributed by atoms with Crippen LogP contribution in [0.1, 0.15) is 53.7 Å². The summed E-state index contributed by atoms with van der Waals surface area (Å²) in [5, 5.41) is 3.93. The molecule has 35 heavy (non-hydrogen) atoms. The molecule has 1 saturated carbocycles. The number of nitrogens with one attached hydrogen (secondary N) is 1. The third kappa shape index (κ3) is 6.54. The lowest BCUT2D eigenvalue weighted by Crippen LogP contribution is -2.46. The van der Waals surface area contributed by atoms with Crippen molar-refractivity contribution in [2.24, 2.45) is 5.92 Å². The number of nitrogens with zero attached hydrogens (tertiary/aromatic N) is 4. The van der Waals surface area contributed by atoms with Crippen LogP contribution in [0.2, 0.25) is 5.02 Å². The number of benzene rings is 1. The Morgan fingerprint density at radius 2 is 1.86 bits per heavy atom. The Hall–Kier alpha value is -2.15. The number of amides is 1. The van der Waals surface area contributed by atoms with Gasteiger partial charge in [-0.25, -0.2) is 4.98 Å². The van der Waals surface area contributed by atoms with Crippen molar-refractivity contribution in [2.75, 3.05) is 50.7 Å². The molecule has 1 aliphatic carbocycles. The highest BCUT2D eigenvalue weighted by Gasteiger charge is 2.27. The van der Waals surface area contributed by atoms with Gasteiger partial charge in [-0.15, -0.1) is 0 Å². The molecule has 188 valence electrons. The van der Waals surface area contributed by atoms with E-state index >= 15 is 0 Å². The first-order valence-electron chi connectivity index (χ1n) is 13.3. The smallest absolute Gasteiger partial charge is 0.269 e. The van der Waals surface area contributed by atoms with Gasteiger partial charge in [0.1, 0.15) is 11.5 Å². The number of hydrogen-bond acceptors (Lipinski definition) is 5. The lowest BCUT2D eigenvalue weighted by Gasteiger charge is -2.38. The van der Waals surface area contributed by atoms with Crippen LogP contribution < -0.4 is 10.2 Å². The van der Waals surface area contributed by atoms with Crippen LogP contribution in [-0.2, 0) is 6.54 Å². The molecule has 3 aliphatic rings. The molecule has 0 atom stereocenters. The highest BCUT2D eigenvalue weighted by molar-refractivity contribution is 6.31. The van der Waals surface area contributed by atoms with E-state index in [0.717, 1.165) is 69.6 Å². The van der Waals surface area contributed by atoms with E-state index in [1.54, 1.807) is 0 Å². The lowest BCUT2D eigenvalue weighted by atomic mass is 10.0. The highest BCUT2D eigenvalue weighted by atomic mass is 35.5. The third-order valence-corrected chi connectivity index (χ3v) is 8.10. The van der Waals surface area contributed by atoms with Crippen molar-refractivity contribution in [3.05, 3.63) is 58.2 Å². The molecule has 5 rings (SSSR count). The molecule has 1 amide bonds. The van der Waals surface area contributed by atoms with Gasteiger partial charge in [-0.1, -0.05) is 29.8 Å². The minimum atomic E-state index is -0.0473. The van der Waals surface area contributed by atoms with Gasteiger partial charge in [-0.3, -0.25) is 14.6 Å². The van der Waals surface area contributed by atoms with E-state index in [4.69, 9.17) is 16.6 Å². The van der Waals surface area contributed by atoms with Crippen molar-refractivity contribution in [3.63, 3.8) is 0 Å². The fraction of sp³-hybridized carbons (Fsp3) is 0.571. The van der Waals surface area contributed by atoms with E-state index in [1.165, 1.54) is 36.8 Å². The molecule has 3 heterocycles. The van der Waals surface area contributed by atoms with Gasteiger partial charge in [0.2, 0.25) is 0 Å². The van der Waals surface area contributed by atoms with E-state index in [1.807, 2.05) is 18.2 Å². The Kier molecular flexibility index (Phi) is 7.91. The fourth-order valence-electron chi connectivity index (χ4n) is 5.37. The van der Waals surface area contributed by atoms with E-state index in [-0.39, 0.29) is 5.91 Å². The Bertz CT molecular complexity index is 1020. The average Bonchev–Trinajstić information content (AvgIpc) is 3.72. The molecule has 1 aromatic carbocycles. The number of halogens is 1. The monoisotopic (exact) mass is 495 g/mol. The molecule has 0 unspecified atom stereocenters. The van der Waals surface area contributed by atoms with Gasteiger partial charge < -0.3 is 10.2 Å². The highest BCUT2D eigenvalue weighted by Crippen LogP contribution is 2.28. The van der Waals surface area contributed by atoms with Gasteiger partial charge in [0.15, 0.2) is 0 Å². The van der Waals surface area contributed by atoms with Crippen LogP contribution in [0.3, 0.4) is 0 Å². The summed E-state index contributed by atoms with van der Waals surface area (Å²) in [5.41, 5.74) is 2.98. The molecule has 0 radical (unpaired) electrons. The summed E-state index contributed by atoms with van der Waals surface area (Å²) >= 11 is 6.47. The Balaban J connectivity index is 1.11. The van der Waals surface area contributed by atoms with Crippen molar-refractivity contribution >= 4 is 23.3 Å². The van der Waals surface area contributed by atoms with Crippen molar-refractivity contribution in [3.8, 4) is 0 Å². The maximum atomic E-state index is 12.5.